The molecule has 1 fully saturated rings. The van der Waals surface area contributed by atoms with Gasteiger partial charge in [-0.2, -0.15) is 13.7 Å². The zero-order valence-corrected chi connectivity index (χ0v) is 30.4. The number of allylic oxidation sites excluding steroid dienone is 2. The molecule has 0 N–H and O–H groups in total. The van der Waals surface area contributed by atoms with Gasteiger partial charge in [0, 0.05) is 37.1 Å². The van der Waals surface area contributed by atoms with Gasteiger partial charge >= 0.3 is 0 Å². The van der Waals surface area contributed by atoms with Crippen molar-refractivity contribution < 1.29 is 22.1 Å². The Kier molecular flexibility index (Phi) is 14.7. The van der Waals surface area contributed by atoms with Crippen LogP contribution in [0.15, 0.2) is 121 Å². The van der Waals surface area contributed by atoms with Crippen LogP contribution in [0, 0.1) is 11.3 Å². The van der Waals surface area contributed by atoms with Crippen molar-refractivity contribution in [3.05, 3.63) is 149 Å². The Bertz CT molecular complexity index is 1910. The fraction of sp³-hybridized carbons (Fsp3) is 0.256. The predicted octanol–water partition coefficient (Wildman–Crippen LogP) is 9.36. The number of carbonyl (C=O) groups is 1. The Labute approximate surface area is 303 Å². The summed E-state index contributed by atoms with van der Waals surface area (Å²) in [5.74, 6) is 0.500. The Morgan fingerprint density at radius 2 is 1.51 bits per heavy atom. The summed E-state index contributed by atoms with van der Waals surface area (Å²) >= 11 is 0. The average Bonchev–Trinajstić information content (AvgIpc) is 3.76. The first kappa shape index (κ1) is 38.7. The number of anilines is 2. The third kappa shape index (κ3) is 10.5. The molecule has 1 heterocycles. The molecule has 4 aromatic rings. The number of hydrogen-bond acceptors (Lipinski definition) is 7. The van der Waals surface area contributed by atoms with Crippen molar-refractivity contribution >= 4 is 45.5 Å². The van der Waals surface area contributed by atoms with Gasteiger partial charge in [-0.3, -0.25) is 8.98 Å². The zero-order chi connectivity index (χ0) is 36.6. The van der Waals surface area contributed by atoms with Crippen molar-refractivity contribution in [2.75, 3.05) is 31.5 Å². The maximum Gasteiger partial charge on any atom is 0.267 e. The lowest BCUT2D eigenvalue weighted by atomic mass is 9.95. The van der Waals surface area contributed by atoms with Gasteiger partial charge in [-0.1, -0.05) is 91.4 Å². The molecule has 264 valence electrons. The summed E-state index contributed by atoms with van der Waals surface area (Å²) in [6, 6.07) is 38.7. The lowest BCUT2D eigenvalue weighted by molar-refractivity contribution is -0.104. The molecule has 4 aromatic carbocycles. The van der Waals surface area contributed by atoms with E-state index in [4.69, 9.17) is 5.26 Å². The van der Waals surface area contributed by atoms with Crippen molar-refractivity contribution in [1.29, 1.82) is 5.26 Å². The monoisotopic (exact) mass is 702 g/mol. The highest BCUT2D eigenvalue weighted by molar-refractivity contribution is 7.86. The normalized spacial score (nSPS) is 15.9. The number of carbonyl (C=O) groups excluding carboxylic acids is 1. The van der Waals surface area contributed by atoms with E-state index in [1.165, 1.54) is 53.6 Å². The second kappa shape index (κ2) is 19.4. The van der Waals surface area contributed by atoms with Crippen molar-refractivity contribution in [1.82, 2.24) is 0 Å². The summed E-state index contributed by atoms with van der Waals surface area (Å²) < 4.78 is 30.1. The topological polar surface area (TPSA) is 96.7 Å². The molecule has 7 nitrogen and oxygen atoms in total. The summed E-state index contributed by atoms with van der Waals surface area (Å²) in [4.78, 5) is 13.6. The van der Waals surface area contributed by atoms with E-state index in [0.29, 0.717) is 31.3 Å². The standard InChI is InChI=1S/C35H28N2O.C5H12O4S.C3H6/c36-23-27(24-38)20-26-16-19-35-33(22-26)31-12-7-13-34(31)37(35)30-17-14-25(15-18-30)21-32(28-8-3-1-4-9-28)29-10-5-2-6-11-29;1-8-4-3-5-10(6,7)9-2;1-3-2/h1-6,8-11,14-22,24,31,34H,7,12-13H2;3-5H2,1-2H3;3H,1H2,2H3/b27-20+;;. The van der Waals surface area contributed by atoms with Crippen LogP contribution in [0.4, 0.5) is 11.4 Å². The smallest absolute Gasteiger partial charge is 0.267 e. The molecule has 2 unspecified atom stereocenters. The molecule has 51 heavy (non-hydrogen) atoms. The summed E-state index contributed by atoms with van der Waals surface area (Å²) in [5, 5.41) is 9.17. The number of benzene rings is 4. The first-order valence-corrected chi connectivity index (χ1v) is 18.6. The highest BCUT2D eigenvalue weighted by Gasteiger charge is 2.42. The van der Waals surface area contributed by atoms with Crippen LogP contribution in [0.5, 0.6) is 0 Å². The summed E-state index contributed by atoms with van der Waals surface area (Å²) in [5.41, 5.74) is 9.58. The molecule has 0 radical (unpaired) electrons. The number of rotatable bonds is 11. The molecule has 1 aliphatic carbocycles. The molecule has 0 amide bonds. The number of hydrogen-bond donors (Lipinski definition) is 0. The summed E-state index contributed by atoms with van der Waals surface area (Å²) in [6.07, 6.45) is 10.3. The van der Waals surface area contributed by atoms with E-state index < -0.39 is 10.1 Å². The molecule has 2 aliphatic rings. The second-order valence-electron chi connectivity index (χ2n) is 12.2. The van der Waals surface area contributed by atoms with Crippen molar-refractivity contribution in [2.24, 2.45) is 0 Å². The van der Waals surface area contributed by atoms with E-state index in [1.54, 1.807) is 12.2 Å². The molecule has 0 bridgehead atoms. The van der Waals surface area contributed by atoms with Gasteiger partial charge in [-0.25, -0.2) is 0 Å². The predicted molar refractivity (Wildman–Crippen MR) is 208 cm³/mol. The van der Waals surface area contributed by atoms with Crippen LogP contribution in [0.25, 0.3) is 17.7 Å². The quantitative estimate of drug-likeness (QED) is 0.0292. The van der Waals surface area contributed by atoms with E-state index >= 15 is 0 Å². The molecule has 2 atom stereocenters. The molecule has 1 saturated carbocycles. The largest absolute Gasteiger partial charge is 0.385 e. The average molecular weight is 703 g/mol. The zero-order valence-electron chi connectivity index (χ0n) is 29.6. The van der Waals surface area contributed by atoms with Gasteiger partial charge in [0.2, 0.25) is 0 Å². The van der Waals surface area contributed by atoms with Crippen LogP contribution in [0.2, 0.25) is 0 Å². The summed E-state index contributed by atoms with van der Waals surface area (Å²) in [6.45, 7) is 5.70. The Hall–Kier alpha value is -5.07. The van der Waals surface area contributed by atoms with Gasteiger partial charge in [-0.15, -0.1) is 6.58 Å². The second-order valence-corrected chi connectivity index (χ2v) is 14.0. The first-order chi connectivity index (χ1) is 24.8. The van der Waals surface area contributed by atoms with Crippen molar-refractivity contribution in [2.45, 2.75) is 44.6 Å². The number of methoxy groups -OCH3 is 1. The van der Waals surface area contributed by atoms with Crippen LogP contribution < -0.4 is 4.90 Å². The van der Waals surface area contributed by atoms with E-state index in [-0.39, 0.29) is 11.3 Å². The summed E-state index contributed by atoms with van der Waals surface area (Å²) in [7, 11) is -0.590. The van der Waals surface area contributed by atoms with Gasteiger partial charge in [0.1, 0.15) is 6.07 Å². The highest BCUT2D eigenvalue weighted by Crippen LogP contribution is 2.52. The van der Waals surface area contributed by atoms with E-state index in [0.717, 1.165) is 24.7 Å². The first-order valence-electron chi connectivity index (χ1n) is 17.1. The molecule has 6 rings (SSSR count). The molecule has 0 spiro atoms. The van der Waals surface area contributed by atoms with Crippen LogP contribution >= 0.6 is 0 Å². The third-order valence-electron chi connectivity index (χ3n) is 8.75. The Balaban J connectivity index is 0.000000385. The van der Waals surface area contributed by atoms with Crippen LogP contribution in [0.3, 0.4) is 0 Å². The van der Waals surface area contributed by atoms with Gasteiger partial charge in [0.05, 0.1) is 18.4 Å². The maximum absolute atomic E-state index is 11.1. The van der Waals surface area contributed by atoms with E-state index in [1.807, 2.05) is 19.1 Å². The fourth-order valence-electron chi connectivity index (χ4n) is 6.50. The van der Waals surface area contributed by atoms with Crippen LogP contribution in [-0.2, 0) is 23.8 Å². The number of fused-ring (bicyclic) bond motifs is 3. The molecular weight excluding hydrogens is 657 g/mol. The third-order valence-corrected chi connectivity index (χ3v) is 10.0. The lowest BCUT2D eigenvalue weighted by Crippen LogP contribution is -2.26. The fourth-order valence-corrected chi connectivity index (χ4v) is 7.14. The minimum absolute atomic E-state index is 0.0251. The SMILES string of the molecule is C=CC.COCCCS(=O)(=O)OC.N#C/C(C=O)=C\c1ccc2c(c1)C1CCCC1N2c1ccc(C=C(c2ccccc2)c2ccccc2)cc1. The number of nitrogens with zero attached hydrogens (tertiary/aromatic N) is 2. The van der Waals surface area contributed by atoms with E-state index in [2.05, 4.69) is 124 Å². The van der Waals surface area contributed by atoms with Gasteiger partial charge in [0.25, 0.3) is 10.1 Å². The Morgan fingerprint density at radius 1 is 0.902 bits per heavy atom. The number of ether oxygens (including phenoxy) is 1. The molecule has 8 heteroatoms. The van der Waals surface area contributed by atoms with Gasteiger partial charge in [-0.05, 0) is 96.0 Å². The number of aldehydes is 1. The van der Waals surface area contributed by atoms with Crippen molar-refractivity contribution in [3.8, 4) is 6.07 Å². The highest BCUT2D eigenvalue weighted by atomic mass is 32.2. The molecule has 1 aliphatic heterocycles. The van der Waals surface area contributed by atoms with Gasteiger partial charge in [0.15, 0.2) is 6.29 Å². The van der Waals surface area contributed by atoms with Crippen LogP contribution in [0.1, 0.15) is 66.3 Å². The number of nitriles is 1. The molecule has 0 aromatic heterocycles. The maximum atomic E-state index is 11.1. The molecular formula is C43H46N2O5S. The van der Waals surface area contributed by atoms with E-state index in [9.17, 15) is 13.2 Å². The minimum Gasteiger partial charge on any atom is -0.385 e. The lowest BCUT2D eigenvalue weighted by Gasteiger charge is -2.27. The van der Waals surface area contributed by atoms with Gasteiger partial charge < -0.3 is 9.64 Å². The van der Waals surface area contributed by atoms with Crippen LogP contribution in [-0.4, -0.2) is 47.3 Å². The Morgan fingerprint density at radius 3 is 2.06 bits per heavy atom. The van der Waals surface area contributed by atoms with Crippen molar-refractivity contribution in [3.63, 3.8) is 0 Å². The molecule has 0 saturated heterocycles. The minimum atomic E-state index is -3.27.